The number of β-amino-alcohol motifs (C(OH)–C–C–N with tert-alkyl or cyclic N) is 1. The van der Waals surface area contributed by atoms with Gasteiger partial charge in [0.25, 0.3) is 12.4 Å². The summed E-state index contributed by atoms with van der Waals surface area (Å²) < 4.78 is 27.0. The Morgan fingerprint density at radius 2 is 1.95 bits per heavy atom. The van der Waals surface area contributed by atoms with Crippen molar-refractivity contribution in [2.75, 3.05) is 13.1 Å². The third kappa shape index (κ3) is 4.75. The maximum atomic E-state index is 14.0. The average Bonchev–Trinajstić information content (AvgIpc) is 3.64. The number of aliphatic hydroxyl groups excluding tert-OH is 1. The van der Waals surface area contributed by atoms with Crippen LogP contribution in [0.1, 0.15) is 44.9 Å². The van der Waals surface area contributed by atoms with Crippen LogP contribution in [-0.4, -0.2) is 90.8 Å². The van der Waals surface area contributed by atoms with Crippen molar-refractivity contribution in [2.24, 2.45) is 10.4 Å². The number of carbonyl (C=O) groups is 2. The van der Waals surface area contributed by atoms with Gasteiger partial charge in [-0.05, 0) is 36.8 Å². The normalized spacial score (nSPS) is 28.9. The molecule has 2 amide bonds. The number of hydrogen-bond donors (Lipinski definition) is 2. The molecule has 3 aliphatic heterocycles. The van der Waals surface area contributed by atoms with E-state index in [0.29, 0.717) is 12.3 Å². The number of hydrogen-bond acceptors (Lipinski definition) is 8. The van der Waals surface area contributed by atoms with Gasteiger partial charge in [0.15, 0.2) is 9.87 Å². The minimum absolute atomic E-state index is 0.0462. The molecule has 39 heavy (non-hydrogen) atoms. The van der Waals surface area contributed by atoms with Gasteiger partial charge in [-0.3, -0.25) is 9.59 Å². The number of likely N-dealkylation sites (tertiary alicyclic amines) is 1. The first-order valence-electron chi connectivity index (χ1n) is 13.2. The highest BCUT2D eigenvalue weighted by molar-refractivity contribution is 8.17. The summed E-state index contributed by atoms with van der Waals surface area (Å²) in [7, 11) is -2.04. The van der Waals surface area contributed by atoms with E-state index in [0.717, 1.165) is 21.7 Å². The Kier molecular flexibility index (Phi) is 7.06. The number of carbonyl (C=O) groups excluding carboxylic acids is 2. The smallest absolute Gasteiger partial charge is 0.277 e. The topological polar surface area (TPSA) is 132 Å². The second kappa shape index (κ2) is 9.83. The van der Waals surface area contributed by atoms with Crippen LogP contribution in [0.5, 0.6) is 0 Å². The highest BCUT2D eigenvalue weighted by Gasteiger charge is 2.54. The quantitative estimate of drug-likeness (QED) is 0.474. The molecule has 4 unspecified atom stereocenters. The fourth-order valence-corrected chi connectivity index (χ4v) is 8.11. The van der Waals surface area contributed by atoms with Crippen LogP contribution < -0.4 is 5.32 Å². The Bertz CT molecular complexity index is 1440. The number of aliphatic hydroxyl groups is 1. The molecule has 4 heterocycles. The van der Waals surface area contributed by atoms with Gasteiger partial charge in [-0.15, -0.1) is 11.3 Å². The van der Waals surface area contributed by atoms with Crippen molar-refractivity contribution >= 4 is 53.0 Å². The lowest BCUT2D eigenvalue weighted by Gasteiger charge is -2.36. The Morgan fingerprint density at radius 3 is 2.56 bits per heavy atom. The lowest BCUT2D eigenvalue weighted by Crippen LogP contribution is -2.57. The monoisotopic (exact) mass is 569 g/mol. The molecular formula is C25H33B2N5O5S2. The van der Waals surface area contributed by atoms with E-state index in [2.05, 4.69) is 15.3 Å². The summed E-state index contributed by atoms with van der Waals surface area (Å²) in [5.41, 5.74) is 2.77. The van der Waals surface area contributed by atoms with E-state index in [1.165, 1.54) is 9.21 Å². The first kappa shape index (κ1) is 28.0. The van der Waals surface area contributed by atoms with E-state index < -0.39 is 39.0 Å². The zero-order valence-corrected chi connectivity index (χ0v) is 24.5. The number of nitrogens with zero attached hydrogens (tertiary/aromatic N) is 4. The van der Waals surface area contributed by atoms with Gasteiger partial charge in [0, 0.05) is 19.5 Å². The van der Waals surface area contributed by atoms with Crippen LogP contribution in [0.2, 0.25) is 0 Å². The van der Waals surface area contributed by atoms with Crippen LogP contribution >= 0.6 is 11.3 Å². The molecule has 1 aromatic carbocycles. The average molecular weight is 569 g/mol. The van der Waals surface area contributed by atoms with E-state index in [1.54, 1.807) is 31.5 Å². The second-order valence-electron chi connectivity index (χ2n) is 11.4. The molecule has 2 saturated heterocycles. The molecule has 5 rings (SSSR count). The Morgan fingerprint density at radius 1 is 1.26 bits per heavy atom. The Balaban J connectivity index is 1.40. The number of aromatic nitrogens is 1. The van der Waals surface area contributed by atoms with Gasteiger partial charge in [-0.2, -0.15) is 9.30 Å². The molecule has 0 radical (unpaired) electrons. The van der Waals surface area contributed by atoms with E-state index in [9.17, 15) is 23.1 Å². The van der Waals surface area contributed by atoms with E-state index in [1.807, 2.05) is 45.0 Å². The van der Waals surface area contributed by atoms with Crippen molar-refractivity contribution in [3.8, 4) is 10.4 Å². The molecule has 14 heteroatoms. The fraction of sp³-hybridized carbons (Fsp3) is 0.520. The number of nitrogens with one attached hydrogen (secondary N) is 1. The van der Waals surface area contributed by atoms with Crippen LogP contribution in [0.25, 0.3) is 10.4 Å². The van der Waals surface area contributed by atoms with Crippen molar-refractivity contribution in [1.29, 1.82) is 0 Å². The molecule has 10 nitrogen and oxygen atoms in total. The lowest BCUT2D eigenvalue weighted by molar-refractivity contribution is -0.137. The molecule has 1 aromatic heterocycles. The molecule has 0 spiro atoms. The molecule has 0 saturated carbocycles. The summed E-state index contributed by atoms with van der Waals surface area (Å²) in [6.07, 6.45) is -0.149. The van der Waals surface area contributed by atoms with Crippen molar-refractivity contribution < 1.29 is 23.1 Å². The first-order valence-corrected chi connectivity index (χ1v) is 15.7. The molecule has 0 bridgehead atoms. The number of benzene rings is 1. The lowest BCUT2D eigenvalue weighted by atomic mass is 9.79. The summed E-state index contributed by atoms with van der Waals surface area (Å²) in [6, 6.07) is 6.13. The van der Waals surface area contributed by atoms with Gasteiger partial charge in [-0.25, -0.2) is 13.4 Å². The third-order valence-corrected chi connectivity index (χ3v) is 11.2. The molecular weight excluding hydrogens is 536 g/mol. The largest absolute Gasteiger partial charge is 0.391 e. The highest BCUT2D eigenvalue weighted by atomic mass is 32.2. The highest BCUT2D eigenvalue weighted by Crippen LogP contribution is 2.40. The number of thiazole rings is 1. The summed E-state index contributed by atoms with van der Waals surface area (Å²) in [6.45, 7) is 7.82. The summed E-state index contributed by atoms with van der Waals surface area (Å²) >= 11 is 1.56. The maximum absolute atomic E-state index is 14.0. The first-order chi connectivity index (χ1) is 18.3. The summed E-state index contributed by atoms with van der Waals surface area (Å²) in [5.74, 6) is -0.439. The summed E-state index contributed by atoms with van der Waals surface area (Å²) in [5, 5.41) is 13.8. The van der Waals surface area contributed by atoms with Crippen LogP contribution in [-0.2, 0) is 25.0 Å². The molecule has 2 aromatic rings. The van der Waals surface area contributed by atoms with Gasteiger partial charge >= 0.3 is 0 Å². The van der Waals surface area contributed by atoms with Gasteiger partial charge in [0.2, 0.25) is 5.91 Å². The predicted octanol–water partition coefficient (Wildman–Crippen LogP) is 0.154. The Hall–Kier alpha value is -2.54. The second-order valence-corrected chi connectivity index (χ2v) is 14.5. The van der Waals surface area contributed by atoms with Crippen molar-refractivity contribution in [3.05, 3.63) is 41.0 Å². The molecule has 206 valence electrons. The van der Waals surface area contributed by atoms with E-state index >= 15 is 0 Å². The van der Waals surface area contributed by atoms with Crippen molar-refractivity contribution in [3.63, 3.8) is 0 Å². The number of aryl methyl sites for hydroxylation is 1. The molecule has 3 aliphatic rings. The fourth-order valence-electron chi connectivity index (χ4n) is 5.90. The number of amidine groups is 1. The van der Waals surface area contributed by atoms with Crippen molar-refractivity contribution in [1.82, 2.24) is 19.5 Å². The maximum Gasteiger partial charge on any atom is 0.277 e. The standard InChI is InChI=1S/C25H33B2N5O5S2/c1-14-19(38-13-28-14)15-5-7-16(8-6-15)25(4)23(35)29-21(30-25)18-11-17(33)12-31(18)22(34)20-24(2,3)9-10-32(20)39(36,37)27-26/h5-8,13,17-18,20,27,33H,9-12,26H2,1-4H3,(H,29,30,35). The minimum atomic E-state index is -3.61. The van der Waals surface area contributed by atoms with Crippen molar-refractivity contribution in [2.45, 2.75) is 64.3 Å². The molecule has 2 fully saturated rings. The number of amides is 2. The molecule has 2 N–H and O–H groups in total. The molecule has 0 aliphatic carbocycles. The van der Waals surface area contributed by atoms with Crippen LogP contribution in [0.15, 0.2) is 34.8 Å². The summed E-state index contributed by atoms with van der Waals surface area (Å²) in [4.78, 5) is 38.4. The van der Waals surface area contributed by atoms with Crippen LogP contribution in [0, 0.1) is 12.3 Å². The predicted molar refractivity (Wildman–Crippen MR) is 155 cm³/mol. The molecule has 4 atom stereocenters. The van der Waals surface area contributed by atoms with Crippen LogP contribution in [0.3, 0.4) is 0 Å². The third-order valence-electron chi connectivity index (χ3n) is 8.34. The Labute approximate surface area is 234 Å². The van der Waals surface area contributed by atoms with E-state index in [-0.39, 0.29) is 37.8 Å². The minimum Gasteiger partial charge on any atom is -0.391 e. The van der Waals surface area contributed by atoms with Gasteiger partial charge in [0.1, 0.15) is 17.4 Å². The van der Waals surface area contributed by atoms with E-state index in [4.69, 9.17) is 0 Å². The zero-order chi connectivity index (χ0) is 28.3. The van der Waals surface area contributed by atoms with Crippen LogP contribution in [0.4, 0.5) is 0 Å². The van der Waals surface area contributed by atoms with Gasteiger partial charge in [0.05, 0.1) is 36.0 Å². The van der Waals surface area contributed by atoms with Gasteiger partial charge in [-0.1, -0.05) is 38.1 Å². The van der Waals surface area contributed by atoms with Gasteiger partial charge < -0.3 is 15.3 Å². The SMILES string of the molecule is BBS(=O)(=O)N1CCC(C)(C)C1C(=O)N1CC(O)CC1C1=NC(=O)C(C)(c2ccc(-c3scnc3C)cc2)N1. The number of aliphatic imine (C=N–C) groups is 1. The number of rotatable bonds is 6. The zero-order valence-electron chi connectivity index (χ0n) is 22.8.